The lowest BCUT2D eigenvalue weighted by atomic mass is 9.96. The summed E-state index contributed by atoms with van der Waals surface area (Å²) in [5.41, 5.74) is 7.91. The minimum Gasteiger partial charge on any atom is -0.364 e. The van der Waals surface area contributed by atoms with Gasteiger partial charge in [0.2, 0.25) is 0 Å². The molecule has 0 bridgehead atoms. The molecular weight excluding hydrogens is 240 g/mol. The van der Waals surface area contributed by atoms with Crippen molar-refractivity contribution in [3.63, 3.8) is 0 Å². The molecule has 3 rings (SSSR count). The molecule has 19 heavy (non-hydrogen) atoms. The zero-order valence-electron chi connectivity index (χ0n) is 10.3. The van der Waals surface area contributed by atoms with Crippen LogP contribution in [0.1, 0.15) is 16.1 Å². The third-order valence-corrected chi connectivity index (χ3v) is 3.16. The molecule has 0 aliphatic rings. The first kappa shape index (κ1) is 11.4. The Balaban J connectivity index is 2.39. The molecule has 1 aromatic heterocycles. The van der Waals surface area contributed by atoms with Crippen molar-refractivity contribution in [2.24, 2.45) is 5.73 Å². The van der Waals surface area contributed by atoms with Crippen LogP contribution in [0, 0.1) is 6.92 Å². The number of nitrogens with one attached hydrogen (secondary N) is 1. The van der Waals surface area contributed by atoms with Crippen LogP contribution >= 0.6 is 0 Å². The van der Waals surface area contributed by atoms with Crippen molar-refractivity contribution >= 4 is 16.7 Å². The van der Waals surface area contributed by atoms with Crippen molar-refractivity contribution < 1.29 is 4.79 Å². The molecule has 0 saturated heterocycles. The van der Waals surface area contributed by atoms with Gasteiger partial charge in [0, 0.05) is 5.56 Å². The Kier molecular flexibility index (Phi) is 2.52. The topological polar surface area (TPSA) is 84.7 Å². The maximum atomic E-state index is 11.4. The summed E-state index contributed by atoms with van der Waals surface area (Å²) < 4.78 is 0. The molecule has 3 N–H and O–H groups in total. The van der Waals surface area contributed by atoms with Crippen molar-refractivity contribution in [2.75, 3.05) is 0 Å². The lowest BCUT2D eigenvalue weighted by Gasteiger charge is -2.08. The summed E-state index contributed by atoms with van der Waals surface area (Å²) in [6, 6.07) is 12.0. The largest absolute Gasteiger partial charge is 0.364 e. The number of carbonyl (C=O) groups excluding carboxylic acids is 1. The van der Waals surface area contributed by atoms with E-state index in [1.807, 2.05) is 43.3 Å². The van der Waals surface area contributed by atoms with Crippen LogP contribution in [0.2, 0.25) is 0 Å². The van der Waals surface area contributed by atoms with Crippen LogP contribution in [0.25, 0.3) is 22.0 Å². The second-order valence-electron chi connectivity index (χ2n) is 4.36. The van der Waals surface area contributed by atoms with Gasteiger partial charge in [-0.2, -0.15) is 15.4 Å². The first-order chi connectivity index (χ1) is 9.18. The summed E-state index contributed by atoms with van der Waals surface area (Å²) in [5, 5.41) is 12.5. The number of carbonyl (C=O) groups is 1. The molecule has 0 spiro atoms. The number of aromatic nitrogens is 3. The van der Waals surface area contributed by atoms with E-state index in [-0.39, 0.29) is 5.69 Å². The van der Waals surface area contributed by atoms with Crippen molar-refractivity contribution in [2.45, 2.75) is 6.92 Å². The van der Waals surface area contributed by atoms with Gasteiger partial charge in [-0.3, -0.25) is 4.79 Å². The lowest BCUT2D eigenvalue weighted by Crippen LogP contribution is -2.13. The fraction of sp³-hybridized carbons (Fsp3) is 0.0714. The van der Waals surface area contributed by atoms with Crippen LogP contribution in [0.15, 0.2) is 36.4 Å². The second kappa shape index (κ2) is 4.20. The first-order valence-corrected chi connectivity index (χ1v) is 5.88. The number of aryl methyl sites for hydroxylation is 1. The summed E-state index contributed by atoms with van der Waals surface area (Å²) in [5.74, 6) is -0.587. The molecule has 0 saturated carbocycles. The van der Waals surface area contributed by atoms with E-state index in [9.17, 15) is 4.79 Å². The van der Waals surface area contributed by atoms with E-state index in [4.69, 9.17) is 5.73 Å². The van der Waals surface area contributed by atoms with E-state index in [1.165, 1.54) is 0 Å². The fourth-order valence-electron chi connectivity index (χ4n) is 2.27. The zero-order chi connectivity index (χ0) is 13.4. The van der Waals surface area contributed by atoms with Crippen LogP contribution in [0.5, 0.6) is 0 Å². The summed E-state index contributed by atoms with van der Waals surface area (Å²) in [6.07, 6.45) is 0. The molecule has 5 nitrogen and oxygen atoms in total. The minimum absolute atomic E-state index is 0.166. The Morgan fingerprint density at radius 1 is 1.16 bits per heavy atom. The number of rotatable bonds is 2. The van der Waals surface area contributed by atoms with Crippen LogP contribution in [-0.4, -0.2) is 21.3 Å². The number of fused-ring (bicyclic) bond motifs is 1. The Morgan fingerprint density at radius 2 is 1.95 bits per heavy atom. The van der Waals surface area contributed by atoms with Gasteiger partial charge in [-0.15, -0.1) is 0 Å². The molecule has 94 valence electrons. The standard InChI is InChI=1S/C14H12N4O/c1-8-6-7-9-4-2-3-5-10(9)11(8)12-13(14(15)19)17-18-16-12/h2-7H,1H3,(H2,15,19)(H,16,17,18). The van der Waals surface area contributed by atoms with E-state index in [2.05, 4.69) is 15.4 Å². The average molecular weight is 252 g/mol. The first-order valence-electron chi connectivity index (χ1n) is 5.88. The van der Waals surface area contributed by atoms with Crippen molar-refractivity contribution in [3.05, 3.63) is 47.7 Å². The van der Waals surface area contributed by atoms with Gasteiger partial charge in [-0.1, -0.05) is 36.4 Å². The smallest absolute Gasteiger partial charge is 0.271 e. The molecule has 2 aromatic carbocycles. The number of amides is 1. The third kappa shape index (κ3) is 1.76. The molecule has 1 heterocycles. The van der Waals surface area contributed by atoms with E-state index in [1.54, 1.807) is 0 Å². The minimum atomic E-state index is -0.587. The second-order valence-corrected chi connectivity index (χ2v) is 4.36. The SMILES string of the molecule is Cc1ccc2ccccc2c1-c1n[nH]nc1C(N)=O. The average Bonchev–Trinajstić information content (AvgIpc) is 2.87. The molecular formula is C14H12N4O. The van der Waals surface area contributed by atoms with Crippen molar-refractivity contribution in [3.8, 4) is 11.3 Å². The highest BCUT2D eigenvalue weighted by Crippen LogP contribution is 2.31. The Labute approximate surface area is 109 Å². The van der Waals surface area contributed by atoms with E-state index in [0.717, 1.165) is 21.9 Å². The van der Waals surface area contributed by atoms with Gasteiger partial charge in [0.15, 0.2) is 5.69 Å². The number of hydrogen-bond acceptors (Lipinski definition) is 3. The van der Waals surface area contributed by atoms with Crippen LogP contribution < -0.4 is 5.73 Å². The summed E-state index contributed by atoms with van der Waals surface area (Å²) in [7, 11) is 0. The quantitative estimate of drug-likeness (QED) is 0.731. The molecule has 0 fully saturated rings. The molecule has 0 aliphatic carbocycles. The van der Waals surface area contributed by atoms with Gasteiger partial charge in [0.1, 0.15) is 5.69 Å². The molecule has 3 aromatic rings. The maximum absolute atomic E-state index is 11.4. The Morgan fingerprint density at radius 3 is 2.74 bits per heavy atom. The van der Waals surface area contributed by atoms with Gasteiger partial charge < -0.3 is 5.73 Å². The summed E-state index contributed by atoms with van der Waals surface area (Å²) in [4.78, 5) is 11.4. The third-order valence-electron chi connectivity index (χ3n) is 3.16. The number of H-pyrrole nitrogens is 1. The van der Waals surface area contributed by atoms with Gasteiger partial charge in [0.05, 0.1) is 0 Å². The molecule has 0 aliphatic heterocycles. The summed E-state index contributed by atoms with van der Waals surface area (Å²) in [6.45, 7) is 1.97. The normalized spacial score (nSPS) is 10.8. The van der Waals surface area contributed by atoms with Gasteiger partial charge >= 0.3 is 0 Å². The monoisotopic (exact) mass is 252 g/mol. The van der Waals surface area contributed by atoms with Crippen molar-refractivity contribution in [1.82, 2.24) is 15.4 Å². The summed E-state index contributed by atoms with van der Waals surface area (Å²) >= 11 is 0. The van der Waals surface area contributed by atoms with Gasteiger partial charge in [-0.05, 0) is 23.3 Å². The van der Waals surface area contributed by atoms with E-state index >= 15 is 0 Å². The lowest BCUT2D eigenvalue weighted by molar-refractivity contribution is 0.0996. The molecule has 0 unspecified atom stereocenters. The molecule has 5 heteroatoms. The van der Waals surface area contributed by atoms with Gasteiger partial charge in [0.25, 0.3) is 5.91 Å². The number of benzene rings is 2. The molecule has 0 atom stereocenters. The van der Waals surface area contributed by atoms with Crippen molar-refractivity contribution in [1.29, 1.82) is 0 Å². The highest BCUT2D eigenvalue weighted by Gasteiger charge is 2.18. The number of hydrogen-bond donors (Lipinski definition) is 2. The van der Waals surface area contributed by atoms with Crippen LogP contribution in [0.4, 0.5) is 0 Å². The zero-order valence-corrected chi connectivity index (χ0v) is 10.3. The molecule has 1 amide bonds. The highest BCUT2D eigenvalue weighted by atomic mass is 16.1. The number of nitrogens with zero attached hydrogens (tertiary/aromatic N) is 2. The predicted octanol–water partition coefficient (Wildman–Crippen LogP) is 2.03. The Bertz CT molecular complexity index is 776. The van der Waals surface area contributed by atoms with Crippen LogP contribution in [-0.2, 0) is 0 Å². The van der Waals surface area contributed by atoms with E-state index in [0.29, 0.717) is 5.69 Å². The Hall–Kier alpha value is -2.69. The number of primary amides is 1. The number of nitrogens with two attached hydrogens (primary N) is 1. The predicted molar refractivity (Wildman–Crippen MR) is 72.6 cm³/mol. The van der Waals surface area contributed by atoms with Gasteiger partial charge in [-0.25, -0.2) is 0 Å². The van der Waals surface area contributed by atoms with E-state index < -0.39 is 5.91 Å². The maximum Gasteiger partial charge on any atom is 0.271 e. The highest BCUT2D eigenvalue weighted by molar-refractivity contribution is 6.03. The van der Waals surface area contributed by atoms with Crippen LogP contribution in [0.3, 0.4) is 0 Å². The fourth-order valence-corrected chi connectivity index (χ4v) is 2.27. The molecule has 0 radical (unpaired) electrons. The number of aromatic amines is 1.